The number of hydrogen-bond acceptors (Lipinski definition) is 2. The van der Waals surface area contributed by atoms with Gasteiger partial charge in [-0.05, 0) is 33.4 Å². The van der Waals surface area contributed by atoms with E-state index in [1.54, 1.807) is 0 Å². The van der Waals surface area contributed by atoms with Gasteiger partial charge in [-0.3, -0.25) is 0 Å². The van der Waals surface area contributed by atoms with Gasteiger partial charge in [-0.1, -0.05) is 12.2 Å². The highest BCUT2D eigenvalue weighted by molar-refractivity contribution is 4.91. The lowest BCUT2D eigenvalue weighted by Crippen LogP contribution is -2.35. The lowest BCUT2D eigenvalue weighted by atomic mass is 10.2. The molecule has 12 heavy (non-hydrogen) atoms. The van der Waals surface area contributed by atoms with Gasteiger partial charge < -0.3 is 10.2 Å². The summed E-state index contributed by atoms with van der Waals surface area (Å²) < 4.78 is 0. The number of rotatable bonds is 4. The van der Waals surface area contributed by atoms with Crippen LogP contribution in [0, 0.1) is 0 Å². The maximum Gasteiger partial charge on any atom is 0.0218 e. The van der Waals surface area contributed by atoms with Gasteiger partial charge in [0.05, 0.1) is 0 Å². The second kappa shape index (κ2) is 4.63. The summed E-state index contributed by atoms with van der Waals surface area (Å²) in [6, 6.07) is 0.754. The minimum Gasteiger partial charge on any atom is -0.311 e. The molecule has 0 aromatic heterocycles. The average Bonchev–Trinajstić information content (AvgIpc) is 2.36. The number of likely N-dealkylation sites (N-methyl/N-ethyl adjacent to an activating group) is 1. The summed E-state index contributed by atoms with van der Waals surface area (Å²) >= 11 is 0. The Morgan fingerprint density at radius 3 is 2.92 bits per heavy atom. The van der Waals surface area contributed by atoms with Crippen LogP contribution < -0.4 is 5.32 Å². The number of nitrogens with zero attached hydrogens (tertiary/aromatic N) is 1. The summed E-state index contributed by atoms with van der Waals surface area (Å²) in [6.07, 6.45) is 2.70. The van der Waals surface area contributed by atoms with Crippen LogP contribution in [0.1, 0.15) is 19.8 Å². The molecular weight excluding hydrogens is 148 g/mol. The van der Waals surface area contributed by atoms with E-state index in [1.165, 1.54) is 25.0 Å². The molecule has 1 N–H and O–H groups in total. The number of likely N-dealkylation sites (tertiary alicyclic amines) is 1. The minimum atomic E-state index is 0.754. The van der Waals surface area contributed by atoms with Gasteiger partial charge in [-0.25, -0.2) is 0 Å². The van der Waals surface area contributed by atoms with Gasteiger partial charge in [-0.2, -0.15) is 0 Å². The number of hydrogen-bond donors (Lipinski definition) is 1. The summed E-state index contributed by atoms with van der Waals surface area (Å²) in [5.41, 5.74) is 1.22. The highest BCUT2D eigenvalue weighted by Crippen LogP contribution is 2.13. The Bertz CT molecular complexity index is 154. The van der Waals surface area contributed by atoms with Crippen LogP contribution >= 0.6 is 0 Å². The van der Waals surface area contributed by atoms with Gasteiger partial charge in [0.1, 0.15) is 0 Å². The molecule has 0 aromatic rings. The molecule has 0 radical (unpaired) electrons. The number of nitrogens with one attached hydrogen (secondary N) is 1. The molecule has 0 bridgehead atoms. The molecule has 0 aromatic carbocycles. The summed E-state index contributed by atoms with van der Waals surface area (Å²) in [6.45, 7) is 9.26. The Labute approximate surface area is 75.6 Å². The fourth-order valence-corrected chi connectivity index (χ4v) is 1.69. The first kappa shape index (κ1) is 9.75. The smallest absolute Gasteiger partial charge is 0.0218 e. The van der Waals surface area contributed by atoms with Crippen LogP contribution in [0.2, 0.25) is 0 Å². The van der Waals surface area contributed by atoms with E-state index < -0.39 is 0 Å². The van der Waals surface area contributed by atoms with Crippen molar-refractivity contribution >= 4 is 0 Å². The van der Waals surface area contributed by atoms with Crippen LogP contribution in [-0.4, -0.2) is 37.6 Å². The molecule has 0 aliphatic carbocycles. The first-order valence-electron chi connectivity index (χ1n) is 4.75. The van der Waals surface area contributed by atoms with Crippen LogP contribution in [0.5, 0.6) is 0 Å². The largest absolute Gasteiger partial charge is 0.311 e. The van der Waals surface area contributed by atoms with Crippen LogP contribution in [0.15, 0.2) is 12.2 Å². The van der Waals surface area contributed by atoms with Crippen molar-refractivity contribution in [2.45, 2.75) is 25.8 Å². The van der Waals surface area contributed by atoms with Crippen molar-refractivity contribution in [2.24, 2.45) is 0 Å². The van der Waals surface area contributed by atoms with E-state index in [2.05, 4.69) is 30.8 Å². The van der Waals surface area contributed by atoms with Gasteiger partial charge in [0, 0.05) is 19.1 Å². The average molecular weight is 168 g/mol. The summed E-state index contributed by atoms with van der Waals surface area (Å²) in [4.78, 5) is 2.44. The predicted octanol–water partition coefficient (Wildman–Crippen LogP) is 1.25. The molecule has 1 heterocycles. The lowest BCUT2D eigenvalue weighted by Gasteiger charge is -2.19. The zero-order valence-corrected chi connectivity index (χ0v) is 8.27. The van der Waals surface area contributed by atoms with Gasteiger partial charge >= 0.3 is 0 Å². The van der Waals surface area contributed by atoms with E-state index in [0.29, 0.717) is 0 Å². The maximum atomic E-state index is 3.86. The topological polar surface area (TPSA) is 15.3 Å². The van der Waals surface area contributed by atoms with Crippen molar-refractivity contribution in [1.82, 2.24) is 10.2 Å². The Kier molecular flexibility index (Phi) is 3.76. The monoisotopic (exact) mass is 168 g/mol. The highest BCUT2D eigenvalue weighted by atomic mass is 15.2. The third kappa shape index (κ3) is 2.95. The Hall–Kier alpha value is -0.340. The minimum absolute atomic E-state index is 0.754. The molecular formula is C10H20N2. The quantitative estimate of drug-likeness (QED) is 0.635. The maximum absolute atomic E-state index is 3.86. The van der Waals surface area contributed by atoms with Crippen molar-refractivity contribution in [3.05, 3.63) is 12.2 Å². The second-order valence-electron chi connectivity index (χ2n) is 3.86. The first-order valence-corrected chi connectivity index (χ1v) is 4.75. The van der Waals surface area contributed by atoms with Gasteiger partial charge in [-0.15, -0.1) is 0 Å². The van der Waals surface area contributed by atoms with E-state index in [1.807, 2.05) is 0 Å². The Morgan fingerprint density at radius 1 is 1.67 bits per heavy atom. The SMILES string of the molecule is C=C(C)CNCC1CCCN1C. The third-order valence-corrected chi connectivity index (χ3v) is 2.48. The van der Waals surface area contributed by atoms with Crippen LogP contribution in [0.25, 0.3) is 0 Å². The van der Waals surface area contributed by atoms with Gasteiger partial charge in [0.15, 0.2) is 0 Å². The zero-order valence-electron chi connectivity index (χ0n) is 8.27. The highest BCUT2D eigenvalue weighted by Gasteiger charge is 2.19. The molecule has 0 saturated carbocycles. The van der Waals surface area contributed by atoms with Gasteiger partial charge in [0.2, 0.25) is 0 Å². The second-order valence-corrected chi connectivity index (χ2v) is 3.86. The van der Waals surface area contributed by atoms with Crippen LogP contribution in [0.4, 0.5) is 0 Å². The Morgan fingerprint density at radius 2 is 2.42 bits per heavy atom. The van der Waals surface area contributed by atoms with Crippen LogP contribution in [-0.2, 0) is 0 Å². The Balaban J connectivity index is 2.10. The van der Waals surface area contributed by atoms with Crippen molar-refractivity contribution in [3.8, 4) is 0 Å². The van der Waals surface area contributed by atoms with E-state index >= 15 is 0 Å². The molecule has 1 rings (SSSR count). The molecule has 1 atom stereocenters. The summed E-state index contributed by atoms with van der Waals surface area (Å²) in [5.74, 6) is 0. The van der Waals surface area contributed by atoms with Crippen molar-refractivity contribution < 1.29 is 0 Å². The van der Waals surface area contributed by atoms with E-state index in [0.717, 1.165) is 19.1 Å². The molecule has 2 heteroatoms. The molecule has 0 spiro atoms. The predicted molar refractivity (Wildman–Crippen MR) is 53.3 cm³/mol. The first-order chi connectivity index (χ1) is 5.70. The van der Waals surface area contributed by atoms with E-state index in [9.17, 15) is 0 Å². The van der Waals surface area contributed by atoms with Crippen LogP contribution in [0.3, 0.4) is 0 Å². The molecule has 1 unspecified atom stereocenters. The summed E-state index contributed by atoms with van der Waals surface area (Å²) in [5, 5.41) is 3.42. The normalized spacial score (nSPS) is 24.7. The third-order valence-electron chi connectivity index (χ3n) is 2.48. The fraction of sp³-hybridized carbons (Fsp3) is 0.800. The molecule has 1 saturated heterocycles. The molecule has 1 aliphatic rings. The van der Waals surface area contributed by atoms with Crippen molar-refractivity contribution in [2.75, 3.05) is 26.7 Å². The molecule has 70 valence electrons. The van der Waals surface area contributed by atoms with Crippen molar-refractivity contribution in [3.63, 3.8) is 0 Å². The lowest BCUT2D eigenvalue weighted by molar-refractivity contribution is 0.303. The standard InChI is InChI=1S/C10H20N2/c1-9(2)7-11-8-10-5-4-6-12(10)3/h10-11H,1,4-8H2,2-3H3. The molecule has 2 nitrogen and oxygen atoms in total. The van der Waals surface area contributed by atoms with Gasteiger partial charge in [0.25, 0.3) is 0 Å². The van der Waals surface area contributed by atoms with E-state index in [-0.39, 0.29) is 0 Å². The van der Waals surface area contributed by atoms with Crippen molar-refractivity contribution in [1.29, 1.82) is 0 Å². The molecule has 0 amide bonds. The van der Waals surface area contributed by atoms with E-state index in [4.69, 9.17) is 0 Å². The molecule has 1 aliphatic heterocycles. The fourth-order valence-electron chi connectivity index (χ4n) is 1.69. The molecule has 1 fully saturated rings. The zero-order chi connectivity index (χ0) is 8.97. The summed E-state index contributed by atoms with van der Waals surface area (Å²) in [7, 11) is 2.21.